The van der Waals surface area contributed by atoms with Gasteiger partial charge in [0, 0.05) is 12.3 Å². The van der Waals surface area contributed by atoms with Gasteiger partial charge in [0.2, 0.25) is 5.91 Å². The Morgan fingerprint density at radius 2 is 2.00 bits per heavy atom. The van der Waals surface area contributed by atoms with E-state index < -0.39 is 12.0 Å². The topological polar surface area (TPSA) is 66.4 Å². The number of hydrogen-bond donors (Lipinski definition) is 2. The Labute approximate surface area is 101 Å². The number of nitrogens with one attached hydrogen (secondary N) is 1. The lowest BCUT2D eigenvalue weighted by molar-refractivity contribution is -0.142. The minimum atomic E-state index is -0.992. The van der Waals surface area contributed by atoms with Crippen molar-refractivity contribution in [3.8, 4) is 0 Å². The summed E-state index contributed by atoms with van der Waals surface area (Å²) in [4.78, 5) is 22.2. The van der Waals surface area contributed by atoms with E-state index >= 15 is 0 Å². The fraction of sp³-hybridized carbons (Fsp3) is 0.818. The Bertz CT molecular complexity index is 233. The first-order valence-corrected chi connectivity index (χ1v) is 6.16. The zero-order valence-electron chi connectivity index (χ0n) is 9.83. The molecule has 94 valence electrons. The molecule has 0 rings (SSSR count). The highest BCUT2D eigenvalue weighted by Crippen LogP contribution is 2.13. The van der Waals surface area contributed by atoms with Gasteiger partial charge in [-0.1, -0.05) is 20.3 Å². The highest BCUT2D eigenvalue weighted by molar-refractivity contribution is 6.18. The molecule has 2 atom stereocenters. The van der Waals surface area contributed by atoms with Crippen LogP contribution in [0.5, 0.6) is 0 Å². The van der Waals surface area contributed by atoms with E-state index in [0.717, 1.165) is 12.8 Å². The predicted molar refractivity (Wildman–Crippen MR) is 63.6 cm³/mol. The number of halogens is 1. The number of carboxylic acids is 1. The highest BCUT2D eigenvalue weighted by Gasteiger charge is 2.19. The quantitative estimate of drug-likeness (QED) is 0.647. The van der Waals surface area contributed by atoms with Crippen LogP contribution in [0.1, 0.15) is 39.5 Å². The second-order valence-corrected chi connectivity index (χ2v) is 4.19. The number of aliphatic carboxylic acids is 1. The van der Waals surface area contributed by atoms with E-state index in [0.29, 0.717) is 18.7 Å². The molecule has 0 aliphatic heterocycles. The molecular weight excluding hydrogens is 230 g/mol. The largest absolute Gasteiger partial charge is 0.480 e. The summed E-state index contributed by atoms with van der Waals surface area (Å²) in [6.07, 6.45) is 2.56. The summed E-state index contributed by atoms with van der Waals surface area (Å²) in [5.41, 5.74) is 0. The number of rotatable bonds is 8. The lowest BCUT2D eigenvalue weighted by Gasteiger charge is -2.15. The summed E-state index contributed by atoms with van der Waals surface area (Å²) in [5, 5.41) is 11.3. The summed E-state index contributed by atoms with van der Waals surface area (Å²) in [6, 6.07) is -0.787. The SMILES string of the molecule is CCC[C@@H](CCl)CC(=O)N[C@@H](CC)C(=O)O. The summed E-state index contributed by atoms with van der Waals surface area (Å²) in [5.74, 6) is -0.648. The molecule has 0 fully saturated rings. The van der Waals surface area contributed by atoms with Crippen molar-refractivity contribution in [2.75, 3.05) is 5.88 Å². The first-order chi connectivity index (χ1) is 7.54. The van der Waals surface area contributed by atoms with E-state index in [-0.39, 0.29) is 11.8 Å². The molecule has 0 bridgehead atoms. The molecule has 16 heavy (non-hydrogen) atoms. The molecule has 0 spiro atoms. The van der Waals surface area contributed by atoms with E-state index in [1.165, 1.54) is 0 Å². The van der Waals surface area contributed by atoms with Gasteiger partial charge in [-0.05, 0) is 18.8 Å². The average molecular weight is 250 g/mol. The van der Waals surface area contributed by atoms with Gasteiger partial charge in [-0.3, -0.25) is 4.79 Å². The van der Waals surface area contributed by atoms with Crippen molar-refractivity contribution in [2.45, 2.75) is 45.6 Å². The first kappa shape index (κ1) is 15.2. The molecule has 0 heterocycles. The smallest absolute Gasteiger partial charge is 0.326 e. The van der Waals surface area contributed by atoms with Gasteiger partial charge in [0.05, 0.1) is 0 Å². The van der Waals surface area contributed by atoms with Crippen LogP contribution in [-0.2, 0) is 9.59 Å². The number of amides is 1. The van der Waals surface area contributed by atoms with Gasteiger partial charge in [-0.15, -0.1) is 11.6 Å². The van der Waals surface area contributed by atoms with Crippen LogP contribution in [-0.4, -0.2) is 28.9 Å². The van der Waals surface area contributed by atoms with E-state index in [9.17, 15) is 9.59 Å². The molecule has 0 saturated heterocycles. The Morgan fingerprint density at radius 3 is 2.38 bits per heavy atom. The lowest BCUT2D eigenvalue weighted by Crippen LogP contribution is -2.40. The molecule has 2 N–H and O–H groups in total. The molecule has 4 nitrogen and oxygen atoms in total. The molecule has 0 aromatic rings. The van der Waals surface area contributed by atoms with Crippen molar-refractivity contribution in [2.24, 2.45) is 5.92 Å². The fourth-order valence-electron chi connectivity index (χ4n) is 1.50. The molecule has 1 amide bonds. The molecule has 0 saturated carbocycles. The van der Waals surface area contributed by atoms with Crippen molar-refractivity contribution < 1.29 is 14.7 Å². The Hall–Kier alpha value is -0.770. The van der Waals surface area contributed by atoms with E-state index in [4.69, 9.17) is 16.7 Å². The van der Waals surface area contributed by atoms with Gasteiger partial charge in [0.15, 0.2) is 0 Å². The number of alkyl halides is 1. The number of carboxylic acid groups (broad SMARTS) is 1. The standard InChI is InChI=1S/C11H20ClNO3/c1-3-5-8(7-12)6-10(14)13-9(4-2)11(15)16/h8-9H,3-7H2,1-2H3,(H,13,14)(H,15,16)/t8-,9+/m1/s1. The van der Waals surface area contributed by atoms with Crippen molar-refractivity contribution in [1.82, 2.24) is 5.32 Å². The molecule has 0 aromatic heterocycles. The third-order valence-corrected chi connectivity index (χ3v) is 2.87. The second-order valence-electron chi connectivity index (χ2n) is 3.88. The molecule has 5 heteroatoms. The number of carbonyl (C=O) groups excluding carboxylic acids is 1. The Kier molecular flexibility index (Phi) is 7.99. The zero-order valence-corrected chi connectivity index (χ0v) is 10.6. The van der Waals surface area contributed by atoms with Crippen LogP contribution >= 0.6 is 11.6 Å². The van der Waals surface area contributed by atoms with Crippen LogP contribution in [0.25, 0.3) is 0 Å². The van der Waals surface area contributed by atoms with Gasteiger partial charge >= 0.3 is 5.97 Å². The van der Waals surface area contributed by atoms with Crippen LogP contribution < -0.4 is 5.32 Å². The van der Waals surface area contributed by atoms with Crippen molar-refractivity contribution >= 4 is 23.5 Å². The molecule has 0 aromatic carbocycles. The van der Waals surface area contributed by atoms with Crippen molar-refractivity contribution in [3.05, 3.63) is 0 Å². The molecule has 0 radical (unpaired) electrons. The van der Waals surface area contributed by atoms with E-state index in [2.05, 4.69) is 5.32 Å². The summed E-state index contributed by atoms with van der Waals surface area (Å²) in [7, 11) is 0. The Morgan fingerprint density at radius 1 is 1.38 bits per heavy atom. The van der Waals surface area contributed by atoms with Crippen molar-refractivity contribution in [1.29, 1.82) is 0 Å². The van der Waals surface area contributed by atoms with Crippen LogP contribution in [0.2, 0.25) is 0 Å². The number of carbonyl (C=O) groups is 2. The molecule has 0 aliphatic rings. The van der Waals surface area contributed by atoms with Gasteiger partial charge < -0.3 is 10.4 Å². The highest BCUT2D eigenvalue weighted by atomic mass is 35.5. The predicted octanol–water partition coefficient (Wildman–Crippen LogP) is 2.01. The number of hydrogen-bond acceptors (Lipinski definition) is 2. The third kappa shape index (κ3) is 5.95. The fourth-order valence-corrected chi connectivity index (χ4v) is 1.76. The minimum absolute atomic E-state index is 0.137. The second kappa shape index (κ2) is 8.39. The van der Waals surface area contributed by atoms with E-state index in [1.54, 1.807) is 6.92 Å². The molecular formula is C11H20ClNO3. The van der Waals surface area contributed by atoms with Crippen LogP contribution in [0.15, 0.2) is 0 Å². The van der Waals surface area contributed by atoms with Gasteiger partial charge in [-0.2, -0.15) is 0 Å². The lowest BCUT2D eigenvalue weighted by atomic mass is 10.0. The summed E-state index contributed by atoms with van der Waals surface area (Å²) in [6.45, 7) is 3.76. The Balaban J connectivity index is 4.09. The maximum atomic E-state index is 11.5. The van der Waals surface area contributed by atoms with Gasteiger partial charge in [0.1, 0.15) is 6.04 Å². The summed E-state index contributed by atoms with van der Waals surface area (Å²) < 4.78 is 0. The van der Waals surface area contributed by atoms with Gasteiger partial charge in [0.25, 0.3) is 0 Å². The molecule has 0 aliphatic carbocycles. The first-order valence-electron chi connectivity index (χ1n) is 5.63. The minimum Gasteiger partial charge on any atom is -0.480 e. The van der Waals surface area contributed by atoms with Crippen molar-refractivity contribution in [3.63, 3.8) is 0 Å². The van der Waals surface area contributed by atoms with Crippen LogP contribution in [0.3, 0.4) is 0 Å². The van der Waals surface area contributed by atoms with Crippen LogP contribution in [0.4, 0.5) is 0 Å². The van der Waals surface area contributed by atoms with Crippen LogP contribution in [0, 0.1) is 5.92 Å². The van der Waals surface area contributed by atoms with Gasteiger partial charge in [-0.25, -0.2) is 4.79 Å². The normalized spacial score (nSPS) is 14.2. The maximum absolute atomic E-state index is 11.5. The monoisotopic (exact) mass is 249 g/mol. The zero-order chi connectivity index (χ0) is 12.6. The maximum Gasteiger partial charge on any atom is 0.326 e. The average Bonchev–Trinajstić information content (AvgIpc) is 2.24. The third-order valence-electron chi connectivity index (χ3n) is 2.43. The van der Waals surface area contributed by atoms with E-state index in [1.807, 2.05) is 6.92 Å². The summed E-state index contributed by atoms with van der Waals surface area (Å²) >= 11 is 5.73. The molecule has 0 unspecified atom stereocenters.